The molecule has 0 amide bonds. The second-order valence-corrected chi connectivity index (χ2v) is 5.63. The Hall–Kier alpha value is 0. The molecular formula is C15H31. The summed E-state index contributed by atoms with van der Waals surface area (Å²) < 4.78 is 0. The van der Waals surface area contributed by atoms with Gasteiger partial charge in [0.1, 0.15) is 0 Å². The Kier molecular flexibility index (Phi) is 8.19. The fourth-order valence-electron chi connectivity index (χ4n) is 2.04. The van der Waals surface area contributed by atoms with E-state index in [4.69, 9.17) is 0 Å². The van der Waals surface area contributed by atoms with E-state index in [9.17, 15) is 0 Å². The van der Waals surface area contributed by atoms with E-state index in [0.29, 0.717) is 5.41 Å². The van der Waals surface area contributed by atoms with Crippen LogP contribution in [0.25, 0.3) is 0 Å². The maximum atomic E-state index is 2.41. The van der Waals surface area contributed by atoms with Crippen molar-refractivity contribution in [1.29, 1.82) is 0 Å². The van der Waals surface area contributed by atoms with Crippen molar-refractivity contribution >= 4 is 0 Å². The van der Waals surface area contributed by atoms with E-state index in [1.54, 1.807) is 0 Å². The molecule has 0 aliphatic rings. The molecular weight excluding hydrogens is 180 g/mol. The first-order chi connectivity index (χ1) is 7.04. The van der Waals surface area contributed by atoms with E-state index in [2.05, 4.69) is 41.0 Å². The minimum absolute atomic E-state index is 0.500. The highest BCUT2D eigenvalue weighted by Crippen LogP contribution is 2.34. The van der Waals surface area contributed by atoms with Crippen molar-refractivity contribution in [1.82, 2.24) is 0 Å². The van der Waals surface area contributed by atoms with Gasteiger partial charge >= 0.3 is 0 Å². The number of rotatable bonds is 9. The van der Waals surface area contributed by atoms with E-state index in [0.717, 1.165) is 5.92 Å². The van der Waals surface area contributed by atoms with Crippen LogP contribution in [-0.4, -0.2) is 0 Å². The van der Waals surface area contributed by atoms with Gasteiger partial charge in [-0.2, -0.15) is 0 Å². The Morgan fingerprint density at radius 2 is 1.53 bits per heavy atom. The van der Waals surface area contributed by atoms with Crippen molar-refractivity contribution in [2.24, 2.45) is 11.3 Å². The summed E-state index contributed by atoms with van der Waals surface area (Å²) in [7, 11) is 0. The van der Waals surface area contributed by atoms with Crippen LogP contribution >= 0.6 is 0 Å². The SMILES string of the molecule is C[CH]C(C)C(C)(C)CCCCCCCC. The molecule has 0 fully saturated rings. The molecule has 0 aromatic heterocycles. The van der Waals surface area contributed by atoms with Crippen LogP contribution in [0.2, 0.25) is 0 Å². The van der Waals surface area contributed by atoms with Crippen LogP contribution < -0.4 is 0 Å². The highest BCUT2D eigenvalue weighted by Gasteiger charge is 2.23. The van der Waals surface area contributed by atoms with Crippen molar-refractivity contribution in [3.8, 4) is 0 Å². The van der Waals surface area contributed by atoms with Crippen LogP contribution in [0.3, 0.4) is 0 Å². The van der Waals surface area contributed by atoms with Gasteiger partial charge in [0.25, 0.3) is 0 Å². The van der Waals surface area contributed by atoms with Gasteiger partial charge in [-0.15, -0.1) is 0 Å². The van der Waals surface area contributed by atoms with Gasteiger partial charge in [0.2, 0.25) is 0 Å². The first kappa shape index (κ1) is 15.0. The van der Waals surface area contributed by atoms with E-state index in [1.807, 2.05) is 0 Å². The van der Waals surface area contributed by atoms with Gasteiger partial charge in [-0.1, -0.05) is 73.1 Å². The quantitative estimate of drug-likeness (QED) is 0.434. The molecule has 0 aliphatic carbocycles. The Morgan fingerprint density at radius 1 is 1.00 bits per heavy atom. The van der Waals surface area contributed by atoms with E-state index < -0.39 is 0 Å². The summed E-state index contributed by atoms with van der Waals surface area (Å²) >= 11 is 0. The molecule has 0 rings (SSSR count). The lowest BCUT2D eigenvalue weighted by Crippen LogP contribution is -2.21. The van der Waals surface area contributed by atoms with Gasteiger partial charge in [-0.3, -0.25) is 0 Å². The van der Waals surface area contributed by atoms with Crippen LogP contribution in [-0.2, 0) is 0 Å². The average Bonchev–Trinajstić information content (AvgIpc) is 2.22. The summed E-state index contributed by atoms with van der Waals surface area (Å²) in [5.74, 6) is 0.744. The zero-order valence-electron chi connectivity index (χ0n) is 11.6. The summed E-state index contributed by atoms with van der Waals surface area (Å²) in [4.78, 5) is 0. The number of hydrogen-bond donors (Lipinski definition) is 0. The number of hydrogen-bond acceptors (Lipinski definition) is 0. The third kappa shape index (κ3) is 6.98. The second kappa shape index (κ2) is 8.19. The highest BCUT2D eigenvalue weighted by atomic mass is 14.3. The minimum atomic E-state index is 0.500. The van der Waals surface area contributed by atoms with Crippen LogP contribution in [0, 0.1) is 17.8 Å². The third-order valence-electron chi connectivity index (χ3n) is 3.91. The molecule has 0 saturated heterocycles. The molecule has 0 aromatic rings. The van der Waals surface area contributed by atoms with Crippen molar-refractivity contribution in [2.45, 2.75) is 79.6 Å². The monoisotopic (exact) mass is 211 g/mol. The van der Waals surface area contributed by atoms with Crippen LogP contribution in [0.4, 0.5) is 0 Å². The largest absolute Gasteiger partial charge is 0.0654 e. The molecule has 0 heteroatoms. The molecule has 1 atom stereocenters. The Bertz CT molecular complexity index is 135. The lowest BCUT2D eigenvalue weighted by atomic mass is 9.75. The summed E-state index contributed by atoms with van der Waals surface area (Å²) in [5.41, 5.74) is 0.500. The zero-order chi connectivity index (χ0) is 11.7. The Labute approximate surface area is 97.8 Å². The van der Waals surface area contributed by atoms with Gasteiger partial charge in [0.15, 0.2) is 0 Å². The topological polar surface area (TPSA) is 0 Å². The molecule has 0 spiro atoms. The first-order valence-electron chi connectivity index (χ1n) is 6.84. The minimum Gasteiger partial charge on any atom is -0.0654 e. The van der Waals surface area contributed by atoms with E-state index >= 15 is 0 Å². The average molecular weight is 211 g/mol. The van der Waals surface area contributed by atoms with E-state index in [1.165, 1.54) is 44.9 Å². The lowest BCUT2D eigenvalue weighted by Gasteiger charge is -2.31. The van der Waals surface area contributed by atoms with E-state index in [-0.39, 0.29) is 0 Å². The van der Waals surface area contributed by atoms with Gasteiger partial charge in [-0.05, 0) is 24.2 Å². The van der Waals surface area contributed by atoms with Crippen LogP contribution in [0.15, 0.2) is 0 Å². The summed E-state index contributed by atoms with van der Waals surface area (Å²) in [6, 6.07) is 0. The molecule has 0 heterocycles. The molecule has 0 saturated carbocycles. The first-order valence-corrected chi connectivity index (χ1v) is 6.84. The third-order valence-corrected chi connectivity index (χ3v) is 3.91. The van der Waals surface area contributed by atoms with Crippen LogP contribution in [0.5, 0.6) is 0 Å². The smallest absolute Gasteiger partial charge is 0.0326 e. The molecule has 0 bridgehead atoms. The van der Waals surface area contributed by atoms with Gasteiger partial charge in [0, 0.05) is 0 Å². The van der Waals surface area contributed by atoms with Crippen molar-refractivity contribution in [2.75, 3.05) is 0 Å². The molecule has 1 unspecified atom stereocenters. The molecule has 91 valence electrons. The maximum Gasteiger partial charge on any atom is -0.0326 e. The normalized spacial score (nSPS) is 14.2. The van der Waals surface area contributed by atoms with Crippen molar-refractivity contribution in [3.05, 3.63) is 6.42 Å². The summed E-state index contributed by atoms with van der Waals surface area (Å²) in [5, 5.41) is 0. The zero-order valence-corrected chi connectivity index (χ0v) is 11.6. The molecule has 0 aromatic carbocycles. The molecule has 1 radical (unpaired) electrons. The predicted octanol–water partition coefficient (Wildman–Crippen LogP) is 5.62. The number of unbranched alkanes of at least 4 members (excludes halogenated alkanes) is 5. The summed E-state index contributed by atoms with van der Waals surface area (Å²) in [6.07, 6.45) is 12.2. The van der Waals surface area contributed by atoms with Gasteiger partial charge < -0.3 is 0 Å². The summed E-state index contributed by atoms with van der Waals surface area (Å²) in [6.45, 7) is 11.6. The highest BCUT2D eigenvalue weighted by molar-refractivity contribution is 4.82. The Balaban J connectivity index is 3.48. The molecule has 15 heavy (non-hydrogen) atoms. The standard InChI is InChI=1S/C15H31/c1-6-8-9-10-11-12-13-15(4,5)14(3)7-2/h7,14H,6,8-13H2,1-5H3. The second-order valence-electron chi connectivity index (χ2n) is 5.63. The van der Waals surface area contributed by atoms with Crippen molar-refractivity contribution in [3.63, 3.8) is 0 Å². The molecule has 0 aliphatic heterocycles. The lowest BCUT2D eigenvalue weighted by molar-refractivity contribution is 0.231. The van der Waals surface area contributed by atoms with Gasteiger partial charge in [0.05, 0.1) is 0 Å². The Morgan fingerprint density at radius 3 is 2.07 bits per heavy atom. The maximum absolute atomic E-state index is 2.41. The molecule has 0 nitrogen and oxygen atoms in total. The molecule has 0 N–H and O–H groups in total. The van der Waals surface area contributed by atoms with Crippen LogP contribution in [0.1, 0.15) is 79.6 Å². The fourth-order valence-corrected chi connectivity index (χ4v) is 2.04. The fraction of sp³-hybridized carbons (Fsp3) is 0.933. The van der Waals surface area contributed by atoms with Crippen molar-refractivity contribution < 1.29 is 0 Å². The van der Waals surface area contributed by atoms with Gasteiger partial charge in [-0.25, -0.2) is 0 Å². The predicted molar refractivity (Wildman–Crippen MR) is 70.9 cm³/mol.